The first-order valence-corrected chi connectivity index (χ1v) is 7.94. The van der Waals surface area contributed by atoms with Crippen molar-refractivity contribution in [1.82, 2.24) is 0 Å². The Kier molecular flexibility index (Phi) is 4.61. The number of benzene rings is 2. The van der Waals surface area contributed by atoms with Gasteiger partial charge in [0.15, 0.2) is 0 Å². The van der Waals surface area contributed by atoms with Crippen molar-refractivity contribution in [3.05, 3.63) is 84.4 Å². The number of rotatable bonds is 5. The zero-order chi connectivity index (χ0) is 11.9. The van der Waals surface area contributed by atoms with Gasteiger partial charge in [0.2, 0.25) is 0 Å². The van der Waals surface area contributed by atoms with Crippen LogP contribution in [-0.2, 0) is 0 Å². The summed E-state index contributed by atoms with van der Waals surface area (Å²) in [5.41, 5.74) is 2.83. The van der Waals surface area contributed by atoms with Gasteiger partial charge in [-0.25, -0.2) is 0 Å². The number of hydrogen-bond acceptors (Lipinski definition) is 0. The molecule has 1 heteroatoms. The second-order valence-corrected chi connectivity index (χ2v) is 6.21. The minimum atomic E-state index is 0.532. The van der Waals surface area contributed by atoms with Gasteiger partial charge in [-0.3, -0.25) is 0 Å². The summed E-state index contributed by atoms with van der Waals surface area (Å²) in [6.07, 6.45) is 2.03. The molecule has 0 saturated heterocycles. The Bertz CT molecular complexity index is 408. The Hall–Kier alpha value is -1.30. The summed E-state index contributed by atoms with van der Waals surface area (Å²) >= 11 is 0.532. The first kappa shape index (κ1) is 12.2. The van der Waals surface area contributed by atoms with Crippen LogP contribution in [0.1, 0.15) is 15.9 Å². The molecule has 17 heavy (non-hydrogen) atoms. The average Bonchev–Trinajstić information content (AvgIpc) is 2.42. The second-order valence-electron chi connectivity index (χ2n) is 3.82. The van der Waals surface area contributed by atoms with E-state index in [0.717, 1.165) is 5.32 Å². The Morgan fingerprint density at radius 2 is 1.35 bits per heavy atom. The first-order chi connectivity index (χ1) is 8.42. The van der Waals surface area contributed by atoms with Crippen molar-refractivity contribution in [1.29, 1.82) is 0 Å². The molecule has 0 heterocycles. The predicted molar refractivity (Wildman–Crippen MR) is 75.5 cm³/mol. The third kappa shape index (κ3) is 3.33. The van der Waals surface area contributed by atoms with Gasteiger partial charge in [-0.05, 0) is 0 Å². The van der Waals surface area contributed by atoms with E-state index < -0.39 is 0 Å². The van der Waals surface area contributed by atoms with E-state index in [1.165, 1.54) is 11.1 Å². The number of allylic oxidation sites excluding steroid dienone is 1. The van der Waals surface area contributed by atoms with Gasteiger partial charge >= 0.3 is 110 Å². The summed E-state index contributed by atoms with van der Waals surface area (Å²) in [5.74, 6) is 0. The zero-order valence-corrected chi connectivity index (χ0v) is 11.5. The summed E-state index contributed by atoms with van der Waals surface area (Å²) in [7, 11) is 0. The van der Waals surface area contributed by atoms with Crippen molar-refractivity contribution in [2.45, 2.75) is 10.1 Å². The van der Waals surface area contributed by atoms with Crippen LogP contribution in [0, 0.1) is 0 Å². The quantitative estimate of drug-likeness (QED) is 0.574. The Morgan fingerprint density at radius 3 is 1.76 bits per heavy atom. The standard InChI is InChI=1S/C16H16Se/c1-2-13-17-16(14-9-5-3-6-10-14)15-11-7-4-8-12-15/h2-12,16H,1,13H2. The van der Waals surface area contributed by atoms with Gasteiger partial charge in [-0.1, -0.05) is 0 Å². The van der Waals surface area contributed by atoms with E-state index in [4.69, 9.17) is 0 Å². The van der Waals surface area contributed by atoms with E-state index in [2.05, 4.69) is 67.2 Å². The zero-order valence-electron chi connectivity index (χ0n) is 9.75. The molecule has 2 rings (SSSR count). The molecule has 0 fully saturated rings. The number of hydrogen-bond donors (Lipinski definition) is 0. The molecule has 2 aromatic carbocycles. The maximum absolute atomic E-state index is 3.84. The molecule has 0 nitrogen and oxygen atoms in total. The molecular formula is C16H16Se. The second kappa shape index (κ2) is 6.44. The van der Waals surface area contributed by atoms with Crippen molar-refractivity contribution in [2.24, 2.45) is 0 Å². The molecular weight excluding hydrogens is 271 g/mol. The van der Waals surface area contributed by atoms with E-state index in [1.807, 2.05) is 6.08 Å². The van der Waals surface area contributed by atoms with Gasteiger partial charge in [0.25, 0.3) is 0 Å². The summed E-state index contributed by atoms with van der Waals surface area (Å²) in [5, 5.41) is 1.11. The van der Waals surface area contributed by atoms with Crippen LogP contribution < -0.4 is 0 Å². The molecule has 0 unspecified atom stereocenters. The van der Waals surface area contributed by atoms with E-state index in [0.29, 0.717) is 19.8 Å². The van der Waals surface area contributed by atoms with Crippen molar-refractivity contribution in [2.75, 3.05) is 0 Å². The molecule has 0 aliphatic rings. The molecule has 0 N–H and O–H groups in total. The predicted octanol–water partition coefficient (Wildman–Crippen LogP) is 4.08. The van der Waals surface area contributed by atoms with Gasteiger partial charge < -0.3 is 0 Å². The molecule has 0 aliphatic carbocycles. The molecule has 0 spiro atoms. The molecule has 0 atom stereocenters. The van der Waals surface area contributed by atoms with Crippen molar-refractivity contribution < 1.29 is 0 Å². The van der Waals surface area contributed by atoms with Crippen molar-refractivity contribution >= 4 is 15.0 Å². The minimum absolute atomic E-state index is 0.532. The summed E-state index contributed by atoms with van der Waals surface area (Å²) in [4.78, 5) is 0.544. The Morgan fingerprint density at radius 1 is 0.882 bits per heavy atom. The van der Waals surface area contributed by atoms with Gasteiger partial charge in [0.1, 0.15) is 0 Å². The summed E-state index contributed by atoms with van der Waals surface area (Å²) in [6.45, 7) is 3.84. The van der Waals surface area contributed by atoms with Gasteiger partial charge in [0.05, 0.1) is 0 Å². The van der Waals surface area contributed by atoms with E-state index in [1.54, 1.807) is 0 Å². The molecule has 0 aliphatic heterocycles. The van der Waals surface area contributed by atoms with Crippen LogP contribution in [0.15, 0.2) is 73.3 Å². The molecule has 86 valence electrons. The summed E-state index contributed by atoms with van der Waals surface area (Å²) < 4.78 is 0. The summed E-state index contributed by atoms with van der Waals surface area (Å²) in [6, 6.07) is 21.5. The fourth-order valence-corrected chi connectivity index (χ4v) is 3.96. The van der Waals surface area contributed by atoms with Crippen LogP contribution in [0.25, 0.3) is 0 Å². The van der Waals surface area contributed by atoms with Crippen LogP contribution in [0.2, 0.25) is 5.32 Å². The van der Waals surface area contributed by atoms with Crippen LogP contribution in [-0.4, -0.2) is 15.0 Å². The van der Waals surface area contributed by atoms with Crippen molar-refractivity contribution in [3.8, 4) is 0 Å². The molecule has 0 bridgehead atoms. The molecule has 0 amide bonds. The molecule has 0 saturated carbocycles. The molecule has 0 radical (unpaired) electrons. The van der Waals surface area contributed by atoms with Crippen LogP contribution >= 0.6 is 0 Å². The van der Waals surface area contributed by atoms with E-state index in [-0.39, 0.29) is 0 Å². The normalized spacial score (nSPS) is 10.4. The first-order valence-electron chi connectivity index (χ1n) is 5.74. The van der Waals surface area contributed by atoms with E-state index >= 15 is 0 Å². The maximum atomic E-state index is 3.84. The Balaban J connectivity index is 2.29. The van der Waals surface area contributed by atoms with Crippen LogP contribution in [0.3, 0.4) is 0 Å². The molecule has 0 aromatic heterocycles. The van der Waals surface area contributed by atoms with E-state index in [9.17, 15) is 0 Å². The van der Waals surface area contributed by atoms with Crippen LogP contribution in [0.5, 0.6) is 0 Å². The molecule has 2 aromatic rings. The monoisotopic (exact) mass is 288 g/mol. The van der Waals surface area contributed by atoms with Gasteiger partial charge in [-0.2, -0.15) is 0 Å². The Labute approximate surface area is 110 Å². The van der Waals surface area contributed by atoms with Crippen molar-refractivity contribution in [3.63, 3.8) is 0 Å². The fraction of sp³-hybridized carbons (Fsp3) is 0.125. The average molecular weight is 287 g/mol. The third-order valence-electron chi connectivity index (χ3n) is 2.59. The van der Waals surface area contributed by atoms with Gasteiger partial charge in [-0.15, -0.1) is 0 Å². The third-order valence-corrected chi connectivity index (χ3v) is 5.33. The van der Waals surface area contributed by atoms with Gasteiger partial charge in [0, 0.05) is 0 Å². The van der Waals surface area contributed by atoms with Crippen LogP contribution in [0.4, 0.5) is 0 Å². The fourth-order valence-electron chi connectivity index (χ4n) is 1.80. The SMILES string of the molecule is C=CC[Se]C(c1ccccc1)c1ccccc1. The topological polar surface area (TPSA) is 0 Å².